The van der Waals surface area contributed by atoms with Crippen molar-refractivity contribution >= 4 is 15.8 Å². The minimum atomic E-state index is -3.06. The van der Waals surface area contributed by atoms with Crippen molar-refractivity contribution in [2.24, 2.45) is 0 Å². The Hall–Kier alpha value is -1.21. The Morgan fingerprint density at radius 1 is 1.20 bits per heavy atom. The van der Waals surface area contributed by atoms with Crippen LogP contribution in [0.15, 0.2) is 18.2 Å². The van der Waals surface area contributed by atoms with Crippen molar-refractivity contribution in [2.45, 2.75) is 37.0 Å². The molecule has 1 N–H and O–H groups in total. The Morgan fingerprint density at radius 2 is 1.90 bits per heavy atom. The fourth-order valence-corrected chi connectivity index (χ4v) is 4.40. The minimum Gasteiger partial charge on any atom is -0.367 e. The van der Waals surface area contributed by atoms with Crippen molar-refractivity contribution in [1.82, 2.24) is 9.29 Å². The molecule has 0 atom stereocenters. The Bertz CT molecular complexity index is 581. The number of halogens is 1. The molecule has 2 aliphatic rings. The van der Waals surface area contributed by atoms with E-state index < -0.39 is 16.0 Å². The predicted molar refractivity (Wildman–Crippen MR) is 74.4 cm³/mol. The predicted octanol–water partition coefficient (Wildman–Crippen LogP) is 1.59. The van der Waals surface area contributed by atoms with Gasteiger partial charge in [-0.3, -0.25) is 0 Å². The lowest BCUT2D eigenvalue weighted by Gasteiger charge is -2.31. The molecule has 1 aromatic heterocycles. The molecular formula is C13H18FN3O2S. The quantitative estimate of drug-likeness (QED) is 0.858. The zero-order chi connectivity index (χ0) is 14.2. The minimum absolute atomic E-state index is 0.142. The summed E-state index contributed by atoms with van der Waals surface area (Å²) in [5.41, 5.74) is 0. The lowest BCUT2D eigenvalue weighted by atomic mass is 10.1. The largest absolute Gasteiger partial charge is 0.367 e. The first-order valence-corrected chi connectivity index (χ1v) is 8.44. The van der Waals surface area contributed by atoms with Gasteiger partial charge >= 0.3 is 0 Å². The summed E-state index contributed by atoms with van der Waals surface area (Å²) < 4.78 is 38.8. The number of piperidine rings is 1. The zero-order valence-electron chi connectivity index (χ0n) is 11.1. The second-order valence-corrected chi connectivity index (χ2v) is 7.62. The van der Waals surface area contributed by atoms with E-state index in [4.69, 9.17) is 0 Å². The van der Waals surface area contributed by atoms with Crippen LogP contribution in [-0.2, 0) is 10.0 Å². The average Bonchev–Trinajstić information content (AvgIpc) is 3.24. The SMILES string of the molecule is O=S(=O)(C1CC1)N1CCC(Nc2cccc(F)n2)CC1. The highest BCUT2D eigenvalue weighted by Gasteiger charge is 2.41. The zero-order valence-corrected chi connectivity index (χ0v) is 11.9. The van der Waals surface area contributed by atoms with Crippen LogP contribution in [0, 0.1) is 5.95 Å². The molecule has 2 heterocycles. The maximum Gasteiger partial charge on any atom is 0.216 e. The van der Waals surface area contributed by atoms with Gasteiger partial charge in [0.05, 0.1) is 5.25 Å². The Kier molecular flexibility index (Phi) is 3.64. The molecule has 0 aromatic carbocycles. The lowest BCUT2D eigenvalue weighted by molar-refractivity contribution is 0.329. The lowest BCUT2D eigenvalue weighted by Crippen LogP contribution is -2.43. The maximum absolute atomic E-state index is 13.0. The molecule has 0 unspecified atom stereocenters. The fraction of sp³-hybridized carbons (Fsp3) is 0.615. The third-order valence-electron chi connectivity index (χ3n) is 3.83. The summed E-state index contributed by atoms with van der Waals surface area (Å²) in [5, 5.41) is 3.02. The van der Waals surface area contributed by atoms with Gasteiger partial charge in [0.25, 0.3) is 0 Å². The van der Waals surface area contributed by atoms with Crippen molar-refractivity contribution in [1.29, 1.82) is 0 Å². The average molecular weight is 299 g/mol. The molecule has 0 radical (unpaired) electrons. The van der Waals surface area contributed by atoms with Gasteiger partial charge in [0.2, 0.25) is 16.0 Å². The topological polar surface area (TPSA) is 62.3 Å². The van der Waals surface area contributed by atoms with Crippen LogP contribution in [-0.4, -0.2) is 42.1 Å². The van der Waals surface area contributed by atoms with Crippen molar-refractivity contribution in [3.63, 3.8) is 0 Å². The first-order valence-electron chi connectivity index (χ1n) is 6.94. The van der Waals surface area contributed by atoms with Gasteiger partial charge in [0.15, 0.2) is 0 Å². The summed E-state index contributed by atoms with van der Waals surface area (Å²) in [6, 6.07) is 4.78. The number of pyridine rings is 1. The van der Waals surface area contributed by atoms with Gasteiger partial charge in [-0.15, -0.1) is 0 Å². The normalized spacial score (nSPS) is 21.9. The molecule has 110 valence electrons. The number of anilines is 1. The van der Waals surface area contributed by atoms with Crippen LogP contribution in [0.1, 0.15) is 25.7 Å². The molecule has 5 nitrogen and oxygen atoms in total. The number of sulfonamides is 1. The first kappa shape index (κ1) is 13.8. The number of hydrogen-bond donors (Lipinski definition) is 1. The smallest absolute Gasteiger partial charge is 0.216 e. The molecule has 7 heteroatoms. The Morgan fingerprint density at radius 3 is 2.50 bits per heavy atom. The molecule has 0 amide bonds. The molecule has 3 rings (SSSR count). The van der Waals surface area contributed by atoms with E-state index in [-0.39, 0.29) is 11.3 Å². The maximum atomic E-state index is 13.0. The Balaban J connectivity index is 1.56. The third kappa shape index (κ3) is 2.93. The highest BCUT2D eigenvalue weighted by atomic mass is 32.2. The highest BCUT2D eigenvalue weighted by molar-refractivity contribution is 7.90. The molecule has 1 aliphatic heterocycles. The van der Waals surface area contributed by atoms with Gasteiger partial charge in [-0.05, 0) is 37.8 Å². The molecule has 1 aliphatic carbocycles. The second kappa shape index (κ2) is 5.29. The van der Waals surface area contributed by atoms with E-state index in [1.165, 1.54) is 6.07 Å². The van der Waals surface area contributed by atoms with E-state index in [1.54, 1.807) is 16.4 Å². The summed E-state index contributed by atoms with van der Waals surface area (Å²) in [6.07, 6.45) is 3.05. The van der Waals surface area contributed by atoms with Crippen LogP contribution >= 0.6 is 0 Å². The van der Waals surface area contributed by atoms with Crippen LogP contribution in [0.25, 0.3) is 0 Å². The van der Waals surface area contributed by atoms with Crippen LogP contribution in [0.4, 0.5) is 10.2 Å². The number of hydrogen-bond acceptors (Lipinski definition) is 4. The van der Waals surface area contributed by atoms with E-state index in [2.05, 4.69) is 10.3 Å². The van der Waals surface area contributed by atoms with Crippen molar-refractivity contribution in [3.05, 3.63) is 24.1 Å². The number of rotatable bonds is 4. The molecule has 2 fully saturated rings. The summed E-state index contributed by atoms with van der Waals surface area (Å²) in [5.74, 6) is -0.00255. The van der Waals surface area contributed by atoms with Gasteiger partial charge in [-0.25, -0.2) is 17.7 Å². The molecule has 20 heavy (non-hydrogen) atoms. The van der Waals surface area contributed by atoms with E-state index in [1.807, 2.05) is 0 Å². The van der Waals surface area contributed by atoms with Crippen molar-refractivity contribution < 1.29 is 12.8 Å². The van der Waals surface area contributed by atoms with Gasteiger partial charge in [-0.1, -0.05) is 6.07 Å². The number of nitrogens with one attached hydrogen (secondary N) is 1. The molecule has 1 aromatic rings. The van der Waals surface area contributed by atoms with Gasteiger partial charge in [0.1, 0.15) is 5.82 Å². The fourth-order valence-electron chi connectivity index (χ4n) is 2.53. The summed E-state index contributed by atoms with van der Waals surface area (Å²) in [7, 11) is -3.06. The molecule has 1 saturated carbocycles. The third-order valence-corrected chi connectivity index (χ3v) is 6.23. The number of nitrogens with zero attached hydrogens (tertiary/aromatic N) is 2. The van der Waals surface area contributed by atoms with Crippen LogP contribution < -0.4 is 5.32 Å². The van der Waals surface area contributed by atoms with E-state index in [9.17, 15) is 12.8 Å². The highest BCUT2D eigenvalue weighted by Crippen LogP contribution is 2.32. The van der Waals surface area contributed by atoms with Crippen LogP contribution in [0.2, 0.25) is 0 Å². The van der Waals surface area contributed by atoms with E-state index in [0.717, 1.165) is 25.7 Å². The number of aromatic nitrogens is 1. The van der Waals surface area contributed by atoms with Gasteiger partial charge in [-0.2, -0.15) is 4.39 Å². The molecular weight excluding hydrogens is 281 g/mol. The summed E-state index contributed by atoms with van der Waals surface area (Å²) in [6.45, 7) is 1.07. The van der Waals surface area contributed by atoms with E-state index >= 15 is 0 Å². The monoisotopic (exact) mass is 299 g/mol. The van der Waals surface area contributed by atoms with Crippen LogP contribution in [0.5, 0.6) is 0 Å². The first-order chi connectivity index (χ1) is 9.55. The second-order valence-electron chi connectivity index (χ2n) is 5.41. The van der Waals surface area contributed by atoms with Crippen molar-refractivity contribution in [2.75, 3.05) is 18.4 Å². The van der Waals surface area contributed by atoms with Gasteiger partial charge < -0.3 is 5.32 Å². The molecule has 0 bridgehead atoms. The van der Waals surface area contributed by atoms with Crippen LogP contribution in [0.3, 0.4) is 0 Å². The Labute approximate surface area is 118 Å². The summed E-state index contributed by atoms with van der Waals surface area (Å²) in [4.78, 5) is 3.76. The van der Waals surface area contributed by atoms with E-state index in [0.29, 0.717) is 18.9 Å². The van der Waals surface area contributed by atoms with Gasteiger partial charge in [0, 0.05) is 19.1 Å². The molecule has 1 saturated heterocycles. The van der Waals surface area contributed by atoms with Crippen molar-refractivity contribution in [3.8, 4) is 0 Å². The summed E-state index contributed by atoms with van der Waals surface area (Å²) >= 11 is 0. The standard InChI is InChI=1S/C13H18FN3O2S/c14-12-2-1-3-13(16-12)15-10-6-8-17(9-7-10)20(18,19)11-4-5-11/h1-3,10-11H,4-9H2,(H,15,16). The molecule has 0 spiro atoms.